The van der Waals surface area contributed by atoms with Crippen molar-refractivity contribution in [2.75, 3.05) is 6.61 Å². The SMILES string of the molecule is C=Cc1cccc(C#N)c1OCC. The first-order valence-electron chi connectivity index (χ1n) is 4.11. The molecule has 2 nitrogen and oxygen atoms in total. The van der Waals surface area contributed by atoms with Gasteiger partial charge in [-0.3, -0.25) is 0 Å². The first kappa shape index (κ1) is 9.34. The third-order valence-electron chi connectivity index (χ3n) is 1.67. The molecule has 0 fully saturated rings. The van der Waals surface area contributed by atoms with E-state index >= 15 is 0 Å². The molecule has 0 bridgehead atoms. The summed E-state index contributed by atoms with van der Waals surface area (Å²) in [5, 5.41) is 8.80. The van der Waals surface area contributed by atoms with Crippen molar-refractivity contribution in [2.24, 2.45) is 0 Å². The number of ether oxygens (including phenoxy) is 1. The van der Waals surface area contributed by atoms with Crippen molar-refractivity contribution in [3.05, 3.63) is 35.9 Å². The van der Waals surface area contributed by atoms with Crippen LogP contribution < -0.4 is 4.74 Å². The maximum atomic E-state index is 8.80. The lowest BCUT2D eigenvalue weighted by molar-refractivity contribution is 0.338. The normalized spacial score (nSPS) is 8.92. The Balaban J connectivity index is 3.22. The Hall–Kier alpha value is -1.75. The Morgan fingerprint density at radius 1 is 1.62 bits per heavy atom. The van der Waals surface area contributed by atoms with Crippen LogP contribution >= 0.6 is 0 Å². The van der Waals surface area contributed by atoms with Crippen LogP contribution in [0.2, 0.25) is 0 Å². The second-order valence-corrected chi connectivity index (χ2v) is 2.47. The molecule has 0 radical (unpaired) electrons. The van der Waals surface area contributed by atoms with E-state index in [0.29, 0.717) is 17.9 Å². The third kappa shape index (κ3) is 1.88. The average Bonchev–Trinajstić information content (AvgIpc) is 2.18. The molecule has 0 aromatic heterocycles. The molecule has 0 aliphatic carbocycles. The maximum absolute atomic E-state index is 8.80. The number of nitriles is 1. The van der Waals surface area contributed by atoms with E-state index < -0.39 is 0 Å². The summed E-state index contributed by atoms with van der Waals surface area (Å²) in [6.45, 7) is 6.10. The lowest BCUT2D eigenvalue weighted by Crippen LogP contribution is -1.96. The van der Waals surface area contributed by atoms with Gasteiger partial charge in [-0.25, -0.2) is 0 Å². The Morgan fingerprint density at radius 3 is 2.92 bits per heavy atom. The van der Waals surface area contributed by atoms with Gasteiger partial charge < -0.3 is 4.74 Å². The molecule has 2 heteroatoms. The van der Waals surface area contributed by atoms with Crippen molar-refractivity contribution < 1.29 is 4.74 Å². The summed E-state index contributed by atoms with van der Waals surface area (Å²) in [7, 11) is 0. The molecule has 0 saturated heterocycles. The number of para-hydroxylation sites is 1. The maximum Gasteiger partial charge on any atom is 0.144 e. The fourth-order valence-corrected chi connectivity index (χ4v) is 1.11. The smallest absolute Gasteiger partial charge is 0.144 e. The van der Waals surface area contributed by atoms with Gasteiger partial charge in [0.1, 0.15) is 11.8 Å². The Kier molecular flexibility index (Phi) is 3.10. The minimum atomic E-state index is 0.555. The minimum absolute atomic E-state index is 0.555. The van der Waals surface area contributed by atoms with E-state index in [4.69, 9.17) is 10.00 Å². The molecule has 1 rings (SSSR count). The Morgan fingerprint density at radius 2 is 2.38 bits per heavy atom. The highest BCUT2D eigenvalue weighted by molar-refractivity contribution is 5.61. The zero-order valence-corrected chi connectivity index (χ0v) is 7.58. The molecule has 13 heavy (non-hydrogen) atoms. The van der Waals surface area contributed by atoms with Crippen molar-refractivity contribution in [3.8, 4) is 11.8 Å². The second-order valence-electron chi connectivity index (χ2n) is 2.47. The highest BCUT2D eigenvalue weighted by Gasteiger charge is 2.05. The van der Waals surface area contributed by atoms with Crippen LogP contribution in [0.4, 0.5) is 0 Å². The van der Waals surface area contributed by atoms with Crippen LogP contribution in [0.5, 0.6) is 5.75 Å². The number of benzene rings is 1. The number of hydrogen-bond acceptors (Lipinski definition) is 2. The van der Waals surface area contributed by atoms with Crippen molar-refractivity contribution >= 4 is 6.08 Å². The molecule has 1 aromatic carbocycles. The van der Waals surface area contributed by atoms with Crippen LogP contribution in [0.3, 0.4) is 0 Å². The highest BCUT2D eigenvalue weighted by Crippen LogP contribution is 2.24. The third-order valence-corrected chi connectivity index (χ3v) is 1.67. The average molecular weight is 173 g/mol. The summed E-state index contributed by atoms with van der Waals surface area (Å²) in [6, 6.07) is 7.51. The van der Waals surface area contributed by atoms with Crippen LogP contribution in [-0.2, 0) is 0 Å². The van der Waals surface area contributed by atoms with Gasteiger partial charge in [-0.05, 0) is 13.0 Å². The molecule has 66 valence electrons. The van der Waals surface area contributed by atoms with E-state index in [9.17, 15) is 0 Å². The molecule has 1 aromatic rings. The summed E-state index contributed by atoms with van der Waals surface area (Å²) in [4.78, 5) is 0. The summed E-state index contributed by atoms with van der Waals surface area (Å²) in [5.41, 5.74) is 1.42. The lowest BCUT2D eigenvalue weighted by Gasteiger charge is -2.07. The van der Waals surface area contributed by atoms with Crippen LogP contribution in [-0.4, -0.2) is 6.61 Å². The second kappa shape index (κ2) is 4.32. The summed E-state index contributed by atoms with van der Waals surface area (Å²) in [6.07, 6.45) is 1.69. The molecule has 0 atom stereocenters. The fraction of sp³-hybridized carbons (Fsp3) is 0.182. The van der Waals surface area contributed by atoms with E-state index in [2.05, 4.69) is 12.6 Å². The monoisotopic (exact) mass is 173 g/mol. The number of nitrogens with zero attached hydrogens (tertiary/aromatic N) is 1. The van der Waals surface area contributed by atoms with Gasteiger partial charge in [0.05, 0.1) is 12.2 Å². The standard InChI is InChI=1S/C11H11NO/c1-3-9-6-5-7-10(8-12)11(9)13-4-2/h3,5-7H,1,4H2,2H3. The minimum Gasteiger partial charge on any atom is -0.492 e. The van der Waals surface area contributed by atoms with Crippen molar-refractivity contribution in [1.29, 1.82) is 5.26 Å². The van der Waals surface area contributed by atoms with E-state index in [1.807, 2.05) is 19.1 Å². The largest absolute Gasteiger partial charge is 0.492 e. The first-order valence-corrected chi connectivity index (χ1v) is 4.11. The molecule has 0 aliphatic rings. The van der Waals surface area contributed by atoms with Crippen LogP contribution in [0.15, 0.2) is 24.8 Å². The van der Waals surface area contributed by atoms with Gasteiger partial charge in [0.15, 0.2) is 0 Å². The number of hydrogen-bond donors (Lipinski definition) is 0. The quantitative estimate of drug-likeness (QED) is 0.703. The molecular formula is C11H11NO. The summed E-state index contributed by atoms with van der Waals surface area (Å²) >= 11 is 0. The molecule has 0 spiro atoms. The summed E-state index contributed by atoms with van der Waals surface area (Å²) in [5.74, 6) is 0.627. The lowest BCUT2D eigenvalue weighted by atomic mass is 10.1. The van der Waals surface area contributed by atoms with Gasteiger partial charge in [0.2, 0.25) is 0 Å². The van der Waals surface area contributed by atoms with E-state index in [1.165, 1.54) is 0 Å². The van der Waals surface area contributed by atoms with E-state index in [1.54, 1.807) is 12.1 Å². The fourth-order valence-electron chi connectivity index (χ4n) is 1.11. The number of rotatable bonds is 3. The van der Waals surface area contributed by atoms with E-state index in [0.717, 1.165) is 5.56 Å². The van der Waals surface area contributed by atoms with Gasteiger partial charge in [-0.1, -0.05) is 24.8 Å². The van der Waals surface area contributed by atoms with Crippen LogP contribution in [0.1, 0.15) is 18.1 Å². The molecule has 0 aliphatic heterocycles. The van der Waals surface area contributed by atoms with Crippen molar-refractivity contribution in [3.63, 3.8) is 0 Å². The van der Waals surface area contributed by atoms with Crippen molar-refractivity contribution in [2.45, 2.75) is 6.92 Å². The molecular weight excluding hydrogens is 162 g/mol. The van der Waals surface area contributed by atoms with Crippen LogP contribution in [0, 0.1) is 11.3 Å². The zero-order valence-electron chi connectivity index (χ0n) is 7.58. The van der Waals surface area contributed by atoms with Crippen molar-refractivity contribution in [1.82, 2.24) is 0 Å². The molecule has 0 amide bonds. The topological polar surface area (TPSA) is 33.0 Å². The van der Waals surface area contributed by atoms with Gasteiger partial charge in [0, 0.05) is 5.56 Å². The molecule has 0 saturated carbocycles. The first-order chi connectivity index (χ1) is 6.33. The predicted octanol–water partition coefficient (Wildman–Crippen LogP) is 2.60. The van der Waals surface area contributed by atoms with Gasteiger partial charge in [0.25, 0.3) is 0 Å². The predicted molar refractivity (Wildman–Crippen MR) is 52.4 cm³/mol. The molecule has 0 unspecified atom stereocenters. The van der Waals surface area contributed by atoms with Gasteiger partial charge >= 0.3 is 0 Å². The molecule has 0 N–H and O–H groups in total. The van der Waals surface area contributed by atoms with E-state index in [-0.39, 0.29) is 0 Å². The van der Waals surface area contributed by atoms with Crippen LogP contribution in [0.25, 0.3) is 6.08 Å². The van der Waals surface area contributed by atoms with Gasteiger partial charge in [-0.15, -0.1) is 0 Å². The van der Waals surface area contributed by atoms with Gasteiger partial charge in [-0.2, -0.15) is 5.26 Å². The summed E-state index contributed by atoms with van der Waals surface area (Å²) < 4.78 is 5.36. The Bertz CT molecular complexity index is 350. The molecule has 0 heterocycles. The zero-order chi connectivity index (χ0) is 9.68. The highest BCUT2D eigenvalue weighted by atomic mass is 16.5. The Labute approximate surface area is 78.1 Å².